The van der Waals surface area contributed by atoms with Crippen molar-refractivity contribution in [2.75, 3.05) is 18.4 Å². The molecular weight excluding hydrogens is 256 g/mol. The van der Waals surface area contributed by atoms with Crippen molar-refractivity contribution < 1.29 is 0 Å². The predicted octanol–water partition coefficient (Wildman–Crippen LogP) is 4.07. The van der Waals surface area contributed by atoms with Crippen LogP contribution in [0.2, 0.25) is 0 Å². The van der Waals surface area contributed by atoms with Crippen LogP contribution in [0.3, 0.4) is 0 Å². The molecule has 1 aliphatic carbocycles. The van der Waals surface area contributed by atoms with Gasteiger partial charge in [0, 0.05) is 24.3 Å². The van der Waals surface area contributed by atoms with Crippen molar-refractivity contribution in [3.63, 3.8) is 0 Å². The third-order valence-corrected chi connectivity index (χ3v) is 6.05. The SMILES string of the molecule is c1ccc2c(c1)CCC(N1CCCC1C1CCCC1)CN2. The first kappa shape index (κ1) is 13.6. The normalized spacial score (nSPS) is 30.9. The molecule has 0 bridgehead atoms. The van der Waals surface area contributed by atoms with E-state index >= 15 is 0 Å². The molecule has 1 aromatic carbocycles. The average molecular weight is 284 g/mol. The van der Waals surface area contributed by atoms with Gasteiger partial charge in [-0.2, -0.15) is 0 Å². The summed E-state index contributed by atoms with van der Waals surface area (Å²) in [5.74, 6) is 0.998. The lowest BCUT2D eigenvalue weighted by Crippen LogP contribution is -2.45. The van der Waals surface area contributed by atoms with Crippen LogP contribution in [0.1, 0.15) is 50.5 Å². The van der Waals surface area contributed by atoms with Gasteiger partial charge < -0.3 is 5.32 Å². The summed E-state index contributed by atoms with van der Waals surface area (Å²) in [5.41, 5.74) is 2.88. The van der Waals surface area contributed by atoms with E-state index in [1.165, 1.54) is 69.2 Å². The highest BCUT2D eigenvalue weighted by atomic mass is 15.2. The summed E-state index contributed by atoms with van der Waals surface area (Å²) in [4.78, 5) is 2.88. The maximum absolute atomic E-state index is 3.72. The maximum atomic E-state index is 3.72. The Bertz CT molecular complexity index is 451. The molecule has 0 spiro atoms. The number of aryl methyl sites for hydroxylation is 1. The van der Waals surface area contributed by atoms with Gasteiger partial charge >= 0.3 is 0 Å². The highest BCUT2D eigenvalue weighted by Gasteiger charge is 2.37. The van der Waals surface area contributed by atoms with E-state index in [1.807, 2.05) is 0 Å². The van der Waals surface area contributed by atoms with Gasteiger partial charge in [-0.05, 0) is 62.6 Å². The van der Waals surface area contributed by atoms with Gasteiger partial charge in [0.05, 0.1) is 0 Å². The van der Waals surface area contributed by atoms with Gasteiger partial charge in [-0.15, -0.1) is 0 Å². The fourth-order valence-corrected chi connectivity index (χ4v) is 4.96. The van der Waals surface area contributed by atoms with E-state index in [0.29, 0.717) is 0 Å². The van der Waals surface area contributed by atoms with Gasteiger partial charge in [-0.25, -0.2) is 0 Å². The topological polar surface area (TPSA) is 15.3 Å². The quantitative estimate of drug-likeness (QED) is 0.880. The number of anilines is 1. The first-order chi connectivity index (χ1) is 10.4. The zero-order valence-corrected chi connectivity index (χ0v) is 13.1. The summed E-state index contributed by atoms with van der Waals surface area (Å²) in [7, 11) is 0. The Morgan fingerprint density at radius 3 is 2.71 bits per heavy atom. The number of hydrogen-bond acceptors (Lipinski definition) is 2. The molecular formula is C19H28N2. The summed E-state index contributed by atoms with van der Waals surface area (Å²) in [5, 5.41) is 3.72. The van der Waals surface area contributed by atoms with Crippen molar-refractivity contribution >= 4 is 5.69 Å². The Labute approximate surface area is 128 Å². The van der Waals surface area contributed by atoms with Crippen molar-refractivity contribution in [1.82, 2.24) is 4.90 Å². The molecule has 3 aliphatic rings. The molecule has 21 heavy (non-hydrogen) atoms. The number of nitrogens with zero attached hydrogens (tertiary/aromatic N) is 1. The van der Waals surface area contributed by atoms with E-state index in [0.717, 1.165) is 24.5 Å². The van der Waals surface area contributed by atoms with E-state index in [-0.39, 0.29) is 0 Å². The van der Waals surface area contributed by atoms with Crippen LogP contribution in [0.25, 0.3) is 0 Å². The Hall–Kier alpha value is -1.02. The fraction of sp³-hybridized carbons (Fsp3) is 0.684. The van der Waals surface area contributed by atoms with Gasteiger partial charge in [0.25, 0.3) is 0 Å². The monoisotopic (exact) mass is 284 g/mol. The second kappa shape index (κ2) is 6.00. The Morgan fingerprint density at radius 1 is 0.952 bits per heavy atom. The van der Waals surface area contributed by atoms with E-state index in [1.54, 1.807) is 0 Å². The van der Waals surface area contributed by atoms with E-state index in [9.17, 15) is 0 Å². The molecule has 2 unspecified atom stereocenters. The zero-order chi connectivity index (χ0) is 14.1. The smallest absolute Gasteiger partial charge is 0.0373 e. The molecule has 2 heteroatoms. The minimum absolute atomic E-state index is 0.741. The zero-order valence-electron chi connectivity index (χ0n) is 13.1. The summed E-state index contributed by atoms with van der Waals surface area (Å²) < 4.78 is 0. The third-order valence-electron chi connectivity index (χ3n) is 6.05. The van der Waals surface area contributed by atoms with E-state index < -0.39 is 0 Å². The molecule has 2 aliphatic heterocycles. The van der Waals surface area contributed by atoms with Gasteiger partial charge in [0.1, 0.15) is 0 Å². The Balaban J connectivity index is 1.46. The molecule has 1 saturated heterocycles. The fourth-order valence-electron chi connectivity index (χ4n) is 4.96. The van der Waals surface area contributed by atoms with Crippen LogP contribution in [-0.4, -0.2) is 30.1 Å². The first-order valence-corrected chi connectivity index (χ1v) is 8.99. The third kappa shape index (κ3) is 2.70. The van der Waals surface area contributed by atoms with E-state index in [4.69, 9.17) is 0 Å². The molecule has 0 radical (unpaired) electrons. The second-order valence-electron chi connectivity index (χ2n) is 7.22. The largest absolute Gasteiger partial charge is 0.383 e. The van der Waals surface area contributed by atoms with Crippen LogP contribution in [0.5, 0.6) is 0 Å². The minimum Gasteiger partial charge on any atom is -0.383 e. The first-order valence-electron chi connectivity index (χ1n) is 8.99. The van der Waals surface area contributed by atoms with Crippen molar-refractivity contribution in [2.24, 2.45) is 5.92 Å². The standard InChI is InChI=1S/C19H28N2/c1-2-8-16(7-1)19-10-5-13-21(19)17-12-11-15-6-3-4-9-18(15)20-14-17/h3-4,6,9,16-17,19-20H,1-2,5,7-8,10-14H2. The van der Waals surface area contributed by atoms with Crippen LogP contribution >= 0.6 is 0 Å². The highest BCUT2D eigenvalue weighted by molar-refractivity contribution is 5.52. The molecule has 2 fully saturated rings. The molecule has 2 nitrogen and oxygen atoms in total. The Kier molecular flexibility index (Phi) is 3.89. The van der Waals surface area contributed by atoms with Crippen LogP contribution in [0.4, 0.5) is 5.69 Å². The molecule has 1 saturated carbocycles. The lowest BCUT2D eigenvalue weighted by Gasteiger charge is -2.35. The number of likely N-dealkylation sites (tertiary alicyclic amines) is 1. The van der Waals surface area contributed by atoms with Gasteiger partial charge in [0.15, 0.2) is 0 Å². The summed E-state index contributed by atoms with van der Waals surface area (Å²) in [6, 6.07) is 10.5. The minimum atomic E-state index is 0.741. The molecule has 1 aromatic rings. The van der Waals surface area contributed by atoms with Gasteiger partial charge in [0.2, 0.25) is 0 Å². The van der Waals surface area contributed by atoms with Crippen LogP contribution in [0, 0.1) is 5.92 Å². The van der Waals surface area contributed by atoms with Crippen LogP contribution in [-0.2, 0) is 6.42 Å². The lowest BCUT2D eigenvalue weighted by molar-refractivity contribution is 0.135. The van der Waals surface area contributed by atoms with Crippen LogP contribution < -0.4 is 5.32 Å². The molecule has 0 aromatic heterocycles. The second-order valence-corrected chi connectivity index (χ2v) is 7.22. The molecule has 4 rings (SSSR count). The predicted molar refractivity (Wildman–Crippen MR) is 88.7 cm³/mol. The number of hydrogen-bond donors (Lipinski definition) is 1. The van der Waals surface area contributed by atoms with Crippen LogP contribution in [0.15, 0.2) is 24.3 Å². The van der Waals surface area contributed by atoms with Gasteiger partial charge in [-0.3, -0.25) is 4.90 Å². The van der Waals surface area contributed by atoms with E-state index in [2.05, 4.69) is 34.5 Å². The maximum Gasteiger partial charge on any atom is 0.0373 e. The molecule has 114 valence electrons. The number of nitrogens with one attached hydrogen (secondary N) is 1. The Morgan fingerprint density at radius 2 is 1.81 bits per heavy atom. The van der Waals surface area contributed by atoms with Gasteiger partial charge in [-0.1, -0.05) is 31.0 Å². The number of para-hydroxylation sites is 1. The summed E-state index contributed by atoms with van der Waals surface area (Å²) >= 11 is 0. The molecule has 0 amide bonds. The van der Waals surface area contributed by atoms with Crippen molar-refractivity contribution in [1.29, 1.82) is 0 Å². The number of benzene rings is 1. The van der Waals surface area contributed by atoms with Crippen molar-refractivity contribution in [3.8, 4) is 0 Å². The molecule has 2 atom stereocenters. The molecule has 2 heterocycles. The van der Waals surface area contributed by atoms with Crippen molar-refractivity contribution in [2.45, 2.75) is 63.5 Å². The molecule has 1 N–H and O–H groups in total. The average Bonchev–Trinajstić information content (AvgIpc) is 3.15. The lowest BCUT2D eigenvalue weighted by atomic mass is 9.94. The highest BCUT2D eigenvalue weighted by Crippen LogP contribution is 2.37. The van der Waals surface area contributed by atoms with Crippen molar-refractivity contribution in [3.05, 3.63) is 29.8 Å². The number of fused-ring (bicyclic) bond motifs is 1. The summed E-state index contributed by atoms with van der Waals surface area (Å²) in [6.45, 7) is 2.48. The summed E-state index contributed by atoms with van der Waals surface area (Å²) in [6.07, 6.45) is 11.4. The number of rotatable bonds is 2.